The molecule has 0 aliphatic heterocycles. The lowest BCUT2D eigenvalue weighted by atomic mass is 9.85. The van der Waals surface area contributed by atoms with Gasteiger partial charge in [-0.3, -0.25) is 0 Å². The summed E-state index contributed by atoms with van der Waals surface area (Å²) in [4.78, 5) is 11.8. The minimum Gasteiger partial charge on any atom is -0.370 e. The maximum atomic E-state index is 4.76. The molecule has 1 heterocycles. The SMILES string of the molecule is CCCc1nc(NCC)cc(N(CC)CC2CCC2)n1. The lowest BCUT2D eigenvalue weighted by molar-refractivity contribution is 0.318. The Balaban J connectivity index is 2.16. The van der Waals surface area contributed by atoms with E-state index in [9.17, 15) is 0 Å². The fourth-order valence-electron chi connectivity index (χ4n) is 2.62. The number of nitrogens with one attached hydrogen (secondary N) is 1. The van der Waals surface area contributed by atoms with Gasteiger partial charge in [0.15, 0.2) is 0 Å². The summed E-state index contributed by atoms with van der Waals surface area (Å²) in [6.45, 7) is 9.56. The van der Waals surface area contributed by atoms with Gasteiger partial charge in [0.05, 0.1) is 0 Å². The maximum absolute atomic E-state index is 4.76. The smallest absolute Gasteiger partial charge is 0.134 e. The minimum absolute atomic E-state index is 0.863. The quantitative estimate of drug-likeness (QED) is 0.789. The van der Waals surface area contributed by atoms with Crippen LogP contribution >= 0.6 is 0 Å². The molecule has 1 aliphatic rings. The molecule has 0 radical (unpaired) electrons. The van der Waals surface area contributed by atoms with Crippen LogP contribution in [0.3, 0.4) is 0 Å². The molecule has 0 atom stereocenters. The fourth-order valence-corrected chi connectivity index (χ4v) is 2.62. The van der Waals surface area contributed by atoms with Gasteiger partial charge >= 0.3 is 0 Å². The van der Waals surface area contributed by atoms with Crippen LogP contribution in [0.2, 0.25) is 0 Å². The molecule has 1 aromatic rings. The summed E-state index contributed by atoms with van der Waals surface area (Å²) >= 11 is 0. The van der Waals surface area contributed by atoms with Crippen molar-refractivity contribution in [3.05, 3.63) is 11.9 Å². The number of hydrogen-bond donors (Lipinski definition) is 1. The van der Waals surface area contributed by atoms with Crippen LogP contribution in [0.1, 0.15) is 52.3 Å². The molecule has 2 rings (SSSR count). The third-order valence-corrected chi connectivity index (χ3v) is 4.00. The first kappa shape index (κ1) is 15.1. The molecule has 1 fully saturated rings. The highest BCUT2D eigenvalue weighted by Gasteiger charge is 2.21. The van der Waals surface area contributed by atoms with Crippen molar-refractivity contribution in [2.24, 2.45) is 5.92 Å². The number of rotatable bonds is 8. The normalized spacial score (nSPS) is 14.9. The molecule has 0 bridgehead atoms. The van der Waals surface area contributed by atoms with Gasteiger partial charge in [0.25, 0.3) is 0 Å². The molecule has 0 spiro atoms. The van der Waals surface area contributed by atoms with E-state index in [-0.39, 0.29) is 0 Å². The minimum atomic E-state index is 0.863. The Kier molecular flexibility index (Phi) is 5.62. The van der Waals surface area contributed by atoms with Crippen molar-refractivity contribution in [1.82, 2.24) is 9.97 Å². The van der Waals surface area contributed by atoms with Gasteiger partial charge in [0, 0.05) is 32.1 Å². The fraction of sp³-hybridized carbons (Fsp3) is 0.750. The Bertz CT molecular complexity index is 391. The number of nitrogens with zero attached hydrogens (tertiary/aromatic N) is 3. The molecule has 0 saturated heterocycles. The molecule has 112 valence electrons. The zero-order chi connectivity index (χ0) is 14.4. The van der Waals surface area contributed by atoms with E-state index in [1.165, 1.54) is 19.3 Å². The Labute approximate surface area is 123 Å². The lowest BCUT2D eigenvalue weighted by Crippen LogP contribution is -2.33. The summed E-state index contributed by atoms with van der Waals surface area (Å²) in [5.41, 5.74) is 0. The number of aromatic nitrogens is 2. The molecule has 1 N–H and O–H groups in total. The third-order valence-electron chi connectivity index (χ3n) is 4.00. The number of aryl methyl sites for hydroxylation is 1. The molecular weight excluding hydrogens is 248 g/mol. The predicted molar refractivity (Wildman–Crippen MR) is 85.4 cm³/mol. The van der Waals surface area contributed by atoms with Crippen molar-refractivity contribution in [2.45, 2.75) is 52.9 Å². The average molecular weight is 276 g/mol. The maximum Gasteiger partial charge on any atom is 0.134 e. The molecule has 1 aromatic heterocycles. The van der Waals surface area contributed by atoms with Crippen LogP contribution in [0.15, 0.2) is 6.07 Å². The lowest BCUT2D eigenvalue weighted by Gasteiger charge is -2.32. The molecule has 1 aliphatic carbocycles. The van der Waals surface area contributed by atoms with Crippen LogP contribution in [0.25, 0.3) is 0 Å². The summed E-state index contributed by atoms with van der Waals surface area (Å²) in [6, 6.07) is 2.10. The third kappa shape index (κ3) is 3.84. The first-order chi connectivity index (χ1) is 9.76. The topological polar surface area (TPSA) is 41.1 Å². The second kappa shape index (κ2) is 7.46. The number of hydrogen-bond acceptors (Lipinski definition) is 4. The second-order valence-corrected chi connectivity index (χ2v) is 5.64. The largest absolute Gasteiger partial charge is 0.370 e. The zero-order valence-corrected chi connectivity index (χ0v) is 13.2. The van der Waals surface area contributed by atoms with Crippen molar-refractivity contribution in [2.75, 3.05) is 29.9 Å². The van der Waals surface area contributed by atoms with E-state index in [1.54, 1.807) is 0 Å². The summed E-state index contributed by atoms with van der Waals surface area (Å²) in [6.07, 6.45) is 6.19. The van der Waals surface area contributed by atoms with Gasteiger partial charge in [0.2, 0.25) is 0 Å². The monoisotopic (exact) mass is 276 g/mol. The molecule has 20 heavy (non-hydrogen) atoms. The van der Waals surface area contributed by atoms with E-state index in [1.807, 2.05) is 0 Å². The summed E-state index contributed by atoms with van der Waals surface area (Å²) < 4.78 is 0. The first-order valence-electron chi connectivity index (χ1n) is 8.13. The van der Waals surface area contributed by atoms with E-state index >= 15 is 0 Å². The first-order valence-corrected chi connectivity index (χ1v) is 8.13. The van der Waals surface area contributed by atoms with E-state index in [0.29, 0.717) is 0 Å². The van der Waals surface area contributed by atoms with Gasteiger partial charge in [-0.2, -0.15) is 0 Å². The molecule has 0 amide bonds. The standard InChI is InChI=1S/C16H28N4/c1-4-8-14-18-15(17-5-2)11-16(19-14)20(6-3)12-13-9-7-10-13/h11,13H,4-10,12H2,1-3H3,(H,17,18,19). The van der Waals surface area contributed by atoms with Gasteiger partial charge in [-0.1, -0.05) is 13.3 Å². The second-order valence-electron chi connectivity index (χ2n) is 5.64. The van der Waals surface area contributed by atoms with Crippen LogP contribution in [0, 0.1) is 5.92 Å². The van der Waals surface area contributed by atoms with Gasteiger partial charge in [-0.25, -0.2) is 9.97 Å². The highest BCUT2D eigenvalue weighted by atomic mass is 15.2. The Morgan fingerprint density at radius 2 is 2.05 bits per heavy atom. The highest BCUT2D eigenvalue weighted by Crippen LogP contribution is 2.29. The van der Waals surface area contributed by atoms with Crippen molar-refractivity contribution < 1.29 is 0 Å². The molecule has 4 heteroatoms. The average Bonchev–Trinajstić information content (AvgIpc) is 2.38. The Morgan fingerprint density at radius 3 is 2.60 bits per heavy atom. The predicted octanol–water partition coefficient (Wildman–Crippen LogP) is 3.49. The zero-order valence-electron chi connectivity index (χ0n) is 13.2. The Morgan fingerprint density at radius 1 is 1.25 bits per heavy atom. The Hall–Kier alpha value is -1.32. The van der Waals surface area contributed by atoms with E-state index in [2.05, 4.69) is 42.0 Å². The van der Waals surface area contributed by atoms with Crippen LogP contribution in [0.4, 0.5) is 11.6 Å². The van der Waals surface area contributed by atoms with Gasteiger partial charge in [-0.05, 0) is 39.0 Å². The summed E-state index contributed by atoms with van der Waals surface area (Å²) in [7, 11) is 0. The van der Waals surface area contributed by atoms with Crippen molar-refractivity contribution in [3.63, 3.8) is 0 Å². The summed E-state index contributed by atoms with van der Waals surface area (Å²) in [5, 5.41) is 3.33. The van der Waals surface area contributed by atoms with Crippen molar-refractivity contribution in [3.8, 4) is 0 Å². The van der Waals surface area contributed by atoms with Crippen LogP contribution in [-0.4, -0.2) is 29.6 Å². The van der Waals surface area contributed by atoms with Gasteiger partial charge in [-0.15, -0.1) is 0 Å². The summed E-state index contributed by atoms with van der Waals surface area (Å²) in [5.74, 6) is 3.89. The number of anilines is 2. The van der Waals surface area contributed by atoms with Crippen molar-refractivity contribution in [1.29, 1.82) is 0 Å². The van der Waals surface area contributed by atoms with Gasteiger partial charge < -0.3 is 10.2 Å². The van der Waals surface area contributed by atoms with Crippen molar-refractivity contribution >= 4 is 11.6 Å². The van der Waals surface area contributed by atoms with Crippen LogP contribution in [-0.2, 0) is 6.42 Å². The molecular formula is C16H28N4. The van der Waals surface area contributed by atoms with E-state index in [4.69, 9.17) is 4.98 Å². The van der Waals surface area contributed by atoms with E-state index < -0.39 is 0 Å². The molecule has 0 unspecified atom stereocenters. The van der Waals surface area contributed by atoms with Crippen LogP contribution in [0.5, 0.6) is 0 Å². The molecule has 0 aromatic carbocycles. The van der Waals surface area contributed by atoms with Gasteiger partial charge in [0.1, 0.15) is 17.5 Å². The molecule has 1 saturated carbocycles. The molecule has 4 nitrogen and oxygen atoms in total. The highest BCUT2D eigenvalue weighted by molar-refractivity contribution is 5.49. The van der Waals surface area contributed by atoms with E-state index in [0.717, 1.165) is 55.9 Å². The van der Waals surface area contributed by atoms with Crippen LogP contribution < -0.4 is 10.2 Å².